The summed E-state index contributed by atoms with van der Waals surface area (Å²) in [5.74, 6) is -0.0803. The number of halogens is 1. The lowest BCUT2D eigenvalue weighted by atomic mass is 9.98. The van der Waals surface area contributed by atoms with Crippen molar-refractivity contribution in [1.82, 2.24) is 4.72 Å². The third kappa shape index (κ3) is 4.04. The Hall–Kier alpha value is -2.71. The lowest BCUT2D eigenvalue weighted by Gasteiger charge is -2.43. The number of carbonyl (C=O) groups is 1. The van der Waals surface area contributed by atoms with Crippen molar-refractivity contribution in [2.24, 2.45) is 0 Å². The van der Waals surface area contributed by atoms with Crippen LogP contribution >= 0.6 is 0 Å². The number of hydrogen-bond acceptors (Lipinski definition) is 5. The van der Waals surface area contributed by atoms with E-state index < -0.39 is 22.9 Å². The van der Waals surface area contributed by atoms with Crippen LogP contribution in [-0.2, 0) is 11.4 Å². The molecule has 8 heteroatoms. The number of alkyl halides is 1. The van der Waals surface area contributed by atoms with Gasteiger partial charge in [-0.1, -0.05) is 12.1 Å². The highest BCUT2D eigenvalue weighted by Gasteiger charge is 2.39. The Morgan fingerprint density at radius 3 is 2.79 bits per heavy atom. The van der Waals surface area contributed by atoms with Gasteiger partial charge in [0.05, 0.1) is 19.7 Å². The van der Waals surface area contributed by atoms with E-state index in [-0.39, 0.29) is 5.76 Å². The van der Waals surface area contributed by atoms with Crippen molar-refractivity contribution in [3.05, 3.63) is 54.3 Å². The van der Waals surface area contributed by atoms with Crippen molar-refractivity contribution < 1.29 is 22.9 Å². The highest BCUT2D eigenvalue weighted by molar-refractivity contribution is 7.90. The molecule has 2 heterocycles. The van der Waals surface area contributed by atoms with Gasteiger partial charge in [-0.25, -0.2) is 4.39 Å². The molecule has 6 nitrogen and oxygen atoms in total. The van der Waals surface area contributed by atoms with E-state index in [9.17, 15) is 13.7 Å². The number of nitrogens with one attached hydrogen (secondary N) is 1. The van der Waals surface area contributed by atoms with Crippen LogP contribution in [0.15, 0.2) is 57.8 Å². The molecule has 1 saturated heterocycles. The number of ether oxygens (including phenoxy) is 1. The molecule has 1 fully saturated rings. The normalized spacial score (nSPS) is 16.3. The van der Waals surface area contributed by atoms with Crippen LogP contribution in [0.4, 0.5) is 10.1 Å². The van der Waals surface area contributed by atoms with Crippen molar-refractivity contribution in [2.45, 2.75) is 24.4 Å². The van der Waals surface area contributed by atoms with Gasteiger partial charge in [0.1, 0.15) is 22.6 Å². The monoisotopic (exact) mass is 416 g/mol. The number of hydrogen-bond donors (Lipinski definition) is 1. The topological polar surface area (TPSA) is 77.8 Å². The number of amides is 1. The molecule has 2 aromatic carbocycles. The average Bonchev–Trinajstić information content (AvgIpc) is 3.10. The van der Waals surface area contributed by atoms with Gasteiger partial charge < -0.3 is 18.6 Å². The molecule has 1 aromatic heterocycles. The van der Waals surface area contributed by atoms with E-state index in [0.717, 1.165) is 11.1 Å². The molecule has 1 unspecified atom stereocenters. The Labute approximate surface area is 170 Å². The SMILES string of the molecule is CCOc1ccccc1[S+]([O-])NC(=O)c1cc2ccc(N3CC(C)(F)C3)cc2o1. The Balaban J connectivity index is 1.50. The summed E-state index contributed by atoms with van der Waals surface area (Å²) in [7, 11) is 0. The number of rotatable bonds is 6. The van der Waals surface area contributed by atoms with Gasteiger partial charge in [-0.05, 0) is 44.2 Å². The zero-order valence-electron chi connectivity index (χ0n) is 16.1. The van der Waals surface area contributed by atoms with Crippen LogP contribution in [0, 0.1) is 0 Å². The van der Waals surface area contributed by atoms with E-state index in [1.165, 1.54) is 0 Å². The summed E-state index contributed by atoms with van der Waals surface area (Å²) in [6.07, 6.45) is 0. The molecule has 0 spiro atoms. The van der Waals surface area contributed by atoms with E-state index in [1.807, 2.05) is 24.0 Å². The molecule has 152 valence electrons. The van der Waals surface area contributed by atoms with Crippen LogP contribution < -0.4 is 14.4 Å². The van der Waals surface area contributed by atoms with Gasteiger partial charge in [-0.2, -0.15) is 4.72 Å². The second-order valence-electron chi connectivity index (χ2n) is 7.18. The summed E-state index contributed by atoms with van der Waals surface area (Å²) in [5, 5.41) is 0.739. The van der Waals surface area contributed by atoms with Gasteiger partial charge in [-0.15, -0.1) is 0 Å². The van der Waals surface area contributed by atoms with Gasteiger partial charge in [0, 0.05) is 17.1 Å². The predicted octanol–water partition coefficient (Wildman–Crippen LogP) is 3.83. The standard InChI is InChI=1S/C21H21FN2O4S/c1-3-27-16-6-4-5-7-19(16)29(26)23-20(25)18-10-14-8-9-15(11-17(14)28-18)24-12-21(2,22)13-24/h4-11H,3,12-13H2,1-2H3,(H,23,25). The molecule has 4 rings (SSSR count). The van der Waals surface area contributed by atoms with Gasteiger partial charge in [0.25, 0.3) is 0 Å². The Morgan fingerprint density at radius 1 is 1.31 bits per heavy atom. The Kier molecular flexibility index (Phi) is 5.14. The van der Waals surface area contributed by atoms with E-state index in [2.05, 4.69) is 4.72 Å². The van der Waals surface area contributed by atoms with Gasteiger partial charge in [-0.3, -0.25) is 4.79 Å². The van der Waals surface area contributed by atoms with Crippen molar-refractivity contribution in [2.75, 3.05) is 24.6 Å². The second kappa shape index (κ2) is 7.61. The smallest absolute Gasteiger partial charge is 0.328 e. The lowest BCUT2D eigenvalue weighted by Crippen LogP contribution is -2.57. The predicted molar refractivity (Wildman–Crippen MR) is 109 cm³/mol. The molecular formula is C21H21FN2O4S. The maximum atomic E-state index is 13.7. The summed E-state index contributed by atoms with van der Waals surface area (Å²) in [4.78, 5) is 14.8. The first-order valence-electron chi connectivity index (χ1n) is 9.28. The van der Waals surface area contributed by atoms with Crippen molar-refractivity contribution >= 4 is 33.9 Å². The van der Waals surface area contributed by atoms with Crippen LogP contribution in [0.2, 0.25) is 0 Å². The Bertz CT molecular complexity index is 1040. The molecule has 1 aliphatic heterocycles. The number of benzene rings is 2. The quantitative estimate of drug-likeness (QED) is 0.618. The molecule has 0 radical (unpaired) electrons. The third-order valence-electron chi connectivity index (χ3n) is 4.67. The molecule has 0 aliphatic carbocycles. The van der Waals surface area contributed by atoms with Gasteiger partial charge in [0.15, 0.2) is 11.5 Å². The zero-order chi connectivity index (χ0) is 20.6. The number of nitrogens with zero attached hydrogens (tertiary/aromatic N) is 1. The van der Waals surface area contributed by atoms with Crippen LogP contribution in [-0.4, -0.2) is 35.8 Å². The largest absolute Gasteiger partial charge is 0.588 e. The Morgan fingerprint density at radius 2 is 2.07 bits per heavy atom. The van der Waals surface area contributed by atoms with Gasteiger partial charge in [0.2, 0.25) is 4.90 Å². The minimum Gasteiger partial charge on any atom is -0.588 e. The fourth-order valence-corrected chi connectivity index (χ4v) is 4.22. The first-order chi connectivity index (χ1) is 13.9. The highest BCUT2D eigenvalue weighted by Crippen LogP contribution is 2.33. The van der Waals surface area contributed by atoms with Crippen molar-refractivity contribution in [3.63, 3.8) is 0 Å². The molecule has 1 aliphatic rings. The average molecular weight is 416 g/mol. The summed E-state index contributed by atoms with van der Waals surface area (Å²) in [6, 6.07) is 13.9. The fraction of sp³-hybridized carbons (Fsp3) is 0.286. The van der Waals surface area contributed by atoms with Crippen LogP contribution in [0.3, 0.4) is 0 Å². The maximum absolute atomic E-state index is 13.7. The van der Waals surface area contributed by atoms with Crippen LogP contribution in [0.25, 0.3) is 11.0 Å². The van der Waals surface area contributed by atoms with E-state index >= 15 is 0 Å². The lowest BCUT2D eigenvalue weighted by molar-refractivity contribution is 0.0956. The van der Waals surface area contributed by atoms with Gasteiger partial charge >= 0.3 is 5.91 Å². The molecule has 3 aromatic rings. The summed E-state index contributed by atoms with van der Waals surface area (Å²) in [6.45, 7) is 4.47. The molecule has 0 saturated carbocycles. The summed E-state index contributed by atoms with van der Waals surface area (Å²) < 4.78 is 39.9. The molecule has 1 amide bonds. The minimum absolute atomic E-state index is 0.0540. The number of carbonyl (C=O) groups excluding carboxylic acids is 1. The third-order valence-corrected chi connectivity index (χ3v) is 5.78. The first-order valence-corrected chi connectivity index (χ1v) is 10.4. The molecule has 1 N–H and O–H groups in total. The van der Waals surface area contributed by atoms with Crippen LogP contribution in [0.1, 0.15) is 24.4 Å². The summed E-state index contributed by atoms with van der Waals surface area (Å²) >= 11 is -1.80. The van der Waals surface area contributed by atoms with Crippen molar-refractivity contribution in [3.8, 4) is 5.75 Å². The van der Waals surface area contributed by atoms with Crippen LogP contribution in [0.5, 0.6) is 5.75 Å². The second-order valence-corrected chi connectivity index (χ2v) is 8.36. The number of para-hydroxylation sites is 1. The van der Waals surface area contributed by atoms with Crippen molar-refractivity contribution in [1.29, 1.82) is 0 Å². The van der Waals surface area contributed by atoms with E-state index in [1.54, 1.807) is 43.3 Å². The minimum atomic E-state index is -1.80. The fourth-order valence-electron chi connectivity index (χ4n) is 3.33. The molecule has 29 heavy (non-hydrogen) atoms. The maximum Gasteiger partial charge on any atom is 0.328 e. The molecular weight excluding hydrogens is 395 g/mol. The van der Waals surface area contributed by atoms with E-state index in [0.29, 0.717) is 35.9 Å². The van der Waals surface area contributed by atoms with E-state index in [4.69, 9.17) is 9.15 Å². The molecule has 1 atom stereocenters. The highest BCUT2D eigenvalue weighted by atomic mass is 32.2. The molecule has 0 bridgehead atoms. The summed E-state index contributed by atoms with van der Waals surface area (Å²) in [5.41, 5.74) is 0.175. The number of anilines is 1. The first kappa shape index (κ1) is 19.6. The number of furan rings is 1. The number of fused-ring (bicyclic) bond motifs is 1. The zero-order valence-corrected chi connectivity index (χ0v) is 16.9.